The average molecular weight is 287 g/mol. The van der Waals surface area contributed by atoms with Crippen molar-refractivity contribution in [3.05, 3.63) is 30.0 Å². The van der Waals surface area contributed by atoms with E-state index >= 15 is 0 Å². The van der Waals surface area contributed by atoms with E-state index in [0.29, 0.717) is 12.5 Å². The monoisotopic (exact) mass is 287 g/mol. The smallest absolute Gasteiger partial charge is 0.315 e. The predicted molar refractivity (Wildman–Crippen MR) is 80.8 cm³/mol. The van der Waals surface area contributed by atoms with Crippen molar-refractivity contribution >= 4 is 17.0 Å². The number of urea groups is 1. The SMILES string of the molecule is C[C@H]1CCCC[C@@H]1NC(=O)NCc1noc2ccccc12. The molecule has 0 unspecified atom stereocenters. The molecular formula is C16H21N3O2. The lowest BCUT2D eigenvalue weighted by Gasteiger charge is -2.29. The van der Waals surface area contributed by atoms with E-state index in [2.05, 4.69) is 22.7 Å². The summed E-state index contributed by atoms with van der Waals surface area (Å²) >= 11 is 0. The second-order valence-corrected chi connectivity index (χ2v) is 5.82. The van der Waals surface area contributed by atoms with Gasteiger partial charge in [0.2, 0.25) is 0 Å². The van der Waals surface area contributed by atoms with E-state index in [-0.39, 0.29) is 12.1 Å². The first kappa shape index (κ1) is 13.9. The van der Waals surface area contributed by atoms with Crippen LogP contribution in [0.2, 0.25) is 0 Å². The van der Waals surface area contributed by atoms with E-state index in [4.69, 9.17) is 4.52 Å². The summed E-state index contributed by atoms with van der Waals surface area (Å²) in [5.41, 5.74) is 1.51. The Bertz CT molecular complexity index is 623. The van der Waals surface area contributed by atoms with Crippen LogP contribution in [0.15, 0.2) is 28.8 Å². The number of nitrogens with one attached hydrogen (secondary N) is 2. The Kier molecular flexibility index (Phi) is 4.08. The molecule has 5 nitrogen and oxygen atoms in total. The minimum absolute atomic E-state index is 0.124. The summed E-state index contributed by atoms with van der Waals surface area (Å²) in [6.07, 6.45) is 4.73. The number of hydrogen-bond donors (Lipinski definition) is 2. The fourth-order valence-corrected chi connectivity index (χ4v) is 2.98. The Morgan fingerprint density at radius 1 is 1.33 bits per heavy atom. The van der Waals surface area contributed by atoms with Crippen LogP contribution in [0.4, 0.5) is 4.79 Å². The van der Waals surface area contributed by atoms with Crippen molar-refractivity contribution in [1.82, 2.24) is 15.8 Å². The van der Waals surface area contributed by atoms with Crippen molar-refractivity contribution < 1.29 is 9.32 Å². The standard InChI is InChI=1S/C16H21N3O2/c1-11-6-2-4-8-13(11)18-16(20)17-10-14-12-7-3-5-9-15(12)21-19-14/h3,5,7,9,11,13H,2,4,6,8,10H2,1H3,(H2,17,18,20)/t11-,13-/m0/s1. The summed E-state index contributed by atoms with van der Waals surface area (Å²) in [5, 5.41) is 10.9. The molecule has 1 fully saturated rings. The topological polar surface area (TPSA) is 67.2 Å². The third kappa shape index (κ3) is 3.17. The van der Waals surface area contributed by atoms with Gasteiger partial charge < -0.3 is 15.2 Å². The zero-order chi connectivity index (χ0) is 14.7. The zero-order valence-electron chi connectivity index (χ0n) is 12.3. The summed E-state index contributed by atoms with van der Waals surface area (Å²) in [6.45, 7) is 2.58. The Labute approximate surface area is 124 Å². The van der Waals surface area contributed by atoms with Gasteiger partial charge in [-0.15, -0.1) is 0 Å². The molecule has 1 aromatic heterocycles. The number of fused-ring (bicyclic) bond motifs is 1. The van der Waals surface area contributed by atoms with Crippen molar-refractivity contribution in [3.63, 3.8) is 0 Å². The van der Waals surface area contributed by atoms with Crippen LogP contribution in [-0.2, 0) is 6.54 Å². The molecule has 21 heavy (non-hydrogen) atoms. The highest BCUT2D eigenvalue weighted by Crippen LogP contribution is 2.23. The summed E-state index contributed by atoms with van der Waals surface area (Å²) < 4.78 is 5.23. The third-order valence-electron chi connectivity index (χ3n) is 4.30. The molecule has 2 amide bonds. The van der Waals surface area contributed by atoms with Crippen molar-refractivity contribution in [2.75, 3.05) is 0 Å². The Morgan fingerprint density at radius 3 is 3.00 bits per heavy atom. The molecule has 5 heteroatoms. The van der Waals surface area contributed by atoms with Gasteiger partial charge in [-0.25, -0.2) is 4.79 Å². The quantitative estimate of drug-likeness (QED) is 0.911. The lowest BCUT2D eigenvalue weighted by molar-refractivity contribution is 0.221. The molecule has 2 aromatic rings. The molecule has 0 saturated heterocycles. The van der Waals surface area contributed by atoms with E-state index in [9.17, 15) is 4.79 Å². The van der Waals surface area contributed by atoms with Gasteiger partial charge in [-0.1, -0.05) is 37.1 Å². The van der Waals surface area contributed by atoms with Gasteiger partial charge in [-0.2, -0.15) is 0 Å². The molecule has 1 heterocycles. The second kappa shape index (κ2) is 6.16. The van der Waals surface area contributed by atoms with Crippen LogP contribution in [0, 0.1) is 5.92 Å². The van der Waals surface area contributed by atoms with Gasteiger partial charge in [0.1, 0.15) is 5.69 Å². The highest BCUT2D eigenvalue weighted by atomic mass is 16.5. The molecule has 0 bridgehead atoms. The number of benzene rings is 1. The van der Waals surface area contributed by atoms with Gasteiger partial charge in [-0.05, 0) is 30.9 Å². The molecule has 1 saturated carbocycles. The Balaban J connectivity index is 1.56. The number of nitrogens with zero attached hydrogens (tertiary/aromatic N) is 1. The number of hydrogen-bond acceptors (Lipinski definition) is 3. The number of carbonyl (C=O) groups is 1. The largest absolute Gasteiger partial charge is 0.356 e. The van der Waals surface area contributed by atoms with E-state index in [1.165, 1.54) is 19.3 Å². The highest BCUT2D eigenvalue weighted by molar-refractivity contribution is 5.80. The Morgan fingerprint density at radius 2 is 2.14 bits per heavy atom. The van der Waals surface area contributed by atoms with Gasteiger partial charge in [0, 0.05) is 11.4 Å². The molecule has 2 atom stereocenters. The van der Waals surface area contributed by atoms with Crippen LogP contribution >= 0.6 is 0 Å². The lowest BCUT2D eigenvalue weighted by Crippen LogP contribution is -2.45. The fraction of sp³-hybridized carbons (Fsp3) is 0.500. The highest BCUT2D eigenvalue weighted by Gasteiger charge is 2.22. The van der Waals surface area contributed by atoms with E-state index in [1.807, 2.05) is 24.3 Å². The first-order valence-corrected chi connectivity index (χ1v) is 7.61. The van der Waals surface area contributed by atoms with Crippen molar-refractivity contribution in [1.29, 1.82) is 0 Å². The summed E-state index contributed by atoms with van der Waals surface area (Å²) in [6, 6.07) is 7.82. The van der Waals surface area contributed by atoms with Crippen LogP contribution in [0.3, 0.4) is 0 Å². The maximum atomic E-state index is 12.0. The van der Waals surface area contributed by atoms with Gasteiger partial charge in [0.15, 0.2) is 5.58 Å². The third-order valence-corrected chi connectivity index (χ3v) is 4.30. The fourth-order valence-electron chi connectivity index (χ4n) is 2.98. The molecule has 1 aliphatic carbocycles. The minimum atomic E-state index is -0.124. The molecule has 1 aliphatic rings. The van der Waals surface area contributed by atoms with Crippen molar-refractivity contribution in [2.24, 2.45) is 5.92 Å². The van der Waals surface area contributed by atoms with Crippen molar-refractivity contribution in [2.45, 2.75) is 45.2 Å². The summed E-state index contributed by atoms with van der Waals surface area (Å²) in [7, 11) is 0. The van der Waals surface area contributed by atoms with Crippen LogP contribution in [0.5, 0.6) is 0 Å². The first-order chi connectivity index (χ1) is 10.2. The number of aromatic nitrogens is 1. The number of para-hydroxylation sites is 1. The lowest BCUT2D eigenvalue weighted by atomic mass is 9.86. The number of amides is 2. The van der Waals surface area contributed by atoms with Crippen LogP contribution < -0.4 is 10.6 Å². The Hall–Kier alpha value is -2.04. The zero-order valence-corrected chi connectivity index (χ0v) is 12.3. The van der Waals surface area contributed by atoms with Crippen LogP contribution in [0.25, 0.3) is 11.0 Å². The maximum absolute atomic E-state index is 12.0. The van der Waals surface area contributed by atoms with Gasteiger partial charge in [0.25, 0.3) is 0 Å². The van der Waals surface area contributed by atoms with Crippen molar-refractivity contribution in [3.8, 4) is 0 Å². The van der Waals surface area contributed by atoms with Gasteiger partial charge in [-0.3, -0.25) is 0 Å². The molecule has 0 aliphatic heterocycles. The average Bonchev–Trinajstić information content (AvgIpc) is 2.91. The summed E-state index contributed by atoms with van der Waals surface area (Å²) in [4.78, 5) is 12.0. The van der Waals surface area contributed by atoms with Crippen LogP contribution in [0.1, 0.15) is 38.3 Å². The summed E-state index contributed by atoms with van der Waals surface area (Å²) in [5.74, 6) is 0.553. The molecule has 112 valence electrons. The first-order valence-electron chi connectivity index (χ1n) is 7.61. The van der Waals surface area contributed by atoms with Crippen LogP contribution in [-0.4, -0.2) is 17.2 Å². The number of rotatable bonds is 3. The molecule has 1 aromatic carbocycles. The molecule has 3 rings (SSSR count). The molecule has 0 radical (unpaired) electrons. The molecular weight excluding hydrogens is 266 g/mol. The van der Waals surface area contributed by atoms with E-state index in [1.54, 1.807) is 0 Å². The maximum Gasteiger partial charge on any atom is 0.315 e. The van der Waals surface area contributed by atoms with E-state index < -0.39 is 0 Å². The number of carbonyl (C=O) groups excluding carboxylic acids is 1. The van der Waals surface area contributed by atoms with Gasteiger partial charge in [0.05, 0.1) is 6.54 Å². The van der Waals surface area contributed by atoms with Gasteiger partial charge >= 0.3 is 6.03 Å². The molecule has 0 spiro atoms. The second-order valence-electron chi connectivity index (χ2n) is 5.82. The molecule has 2 N–H and O–H groups in total. The minimum Gasteiger partial charge on any atom is -0.356 e. The normalized spacial score (nSPS) is 22.1. The van der Waals surface area contributed by atoms with E-state index in [0.717, 1.165) is 23.1 Å². The predicted octanol–water partition coefficient (Wildman–Crippen LogP) is 3.21.